The van der Waals surface area contributed by atoms with Gasteiger partial charge in [0.2, 0.25) is 5.91 Å². The van der Waals surface area contributed by atoms with Gasteiger partial charge in [-0.1, -0.05) is 11.8 Å². The van der Waals surface area contributed by atoms with Gasteiger partial charge < -0.3 is 5.32 Å². The van der Waals surface area contributed by atoms with Gasteiger partial charge in [-0.3, -0.25) is 4.79 Å². The van der Waals surface area contributed by atoms with Crippen LogP contribution in [0.3, 0.4) is 0 Å². The summed E-state index contributed by atoms with van der Waals surface area (Å²) in [6.45, 7) is 0. The van der Waals surface area contributed by atoms with Crippen LogP contribution >= 0.6 is 43.6 Å². The Morgan fingerprint density at radius 1 is 1.44 bits per heavy atom. The maximum absolute atomic E-state index is 13.2. The van der Waals surface area contributed by atoms with Crippen LogP contribution < -0.4 is 5.32 Å². The van der Waals surface area contributed by atoms with Gasteiger partial charge in [0.15, 0.2) is 5.17 Å². The van der Waals surface area contributed by atoms with Crippen molar-refractivity contribution >= 4 is 60.9 Å². The molecule has 1 aliphatic rings. The molecular formula is C10H6Br2FN3OS. The van der Waals surface area contributed by atoms with E-state index < -0.39 is 0 Å². The van der Waals surface area contributed by atoms with Crippen molar-refractivity contribution in [2.45, 2.75) is 0 Å². The number of benzene rings is 1. The Kier molecular flexibility index (Phi) is 4.52. The number of carbonyl (C=O) groups excluding carboxylic acids is 1. The third kappa shape index (κ3) is 3.39. The van der Waals surface area contributed by atoms with Crippen LogP contribution in [0.1, 0.15) is 5.56 Å². The van der Waals surface area contributed by atoms with E-state index in [0.29, 0.717) is 25.4 Å². The van der Waals surface area contributed by atoms with Crippen molar-refractivity contribution in [3.63, 3.8) is 0 Å². The lowest BCUT2D eigenvalue weighted by molar-refractivity contribution is -0.116. The van der Waals surface area contributed by atoms with Gasteiger partial charge in [-0.15, -0.1) is 5.10 Å². The fourth-order valence-electron chi connectivity index (χ4n) is 1.19. The Labute approximate surface area is 123 Å². The second kappa shape index (κ2) is 5.94. The molecule has 1 heterocycles. The first-order valence-corrected chi connectivity index (χ1v) is 7.31. The molecule has 1 aliphatic heterocycles. The summed E-state index contributed by atoms with van der Waals surface area (Å²) in [5.74, 6) is -0.116. The third-order valence-electron chi connectivity index (χ3n) is 1.95. The van der Waals surface area contributed by atoms with Gasteiger partial charge in [-0.2, -0.15) is 5.10 Å². The minimum absolute atomic E-state index is 0.0939. The zero-order valence-electron chi connectivity index (χ0n) is 8.78. The Hall–Kier alpha value is -0.730. The molecule has 0 aliphatic carbocycles. The van der Waals surface area contributed by atoms with Crippen LogP contribution in [0.2, 0.25) is 0 Å². The highest BCUT2D eigenvalue weighted by atomic mass is 79.9. The minimum atomic E-state index is -0.372. The number of amides is 1. The van der Waals surface area contributed by atoms with Gasteiger partial charge in [-0.25, -0.2) is 4.39 Å². The first-order chi connectivity index (χ1) is 8.56. The van der Waals surface area contributed by atoms with Crippen molar-refractivity contribution < 1.29 is 9.18 Å². The number of amidine groups is 1. The van der Waals surface area contributed by atoms with E-state index >= 15 is 0 Å². The molecule has 1 aromatic rings. The normalized spacial score (nSPS) is 17.7. The predicted octanol–water partition coefficient (Wildman–Crippen LogP) is 2.90. The van der Waals surface area contributed by atoms with E-state index in [0.717, 1.165) is 0 Å². The van der Waals surface area contributed by atoms with Crippen molar-refractivity contribution in [1.82, 2.24) is 5.32 Å². The molecule has 94 valence electrons. The molecule has 0 aromatic heterocycles. The average molecular weight is 395 g/mol. The van der Waals surface area contributed by atoms with Crippen LogP contribution in [-0.4, -0.2) is 23.0 Å². The molecule has 0 radical (unpaired) electrons. The van der Waals surface area contributed by atoms with Crippen molar-refractivity contribution in [3.8, 4) is 0 Å². The Morgan fingerprint density at radius 2 is 2.22 bits per heavy atom. The van der Waals surface area contributed by atoms with Crippen LogP contribution in [0.25, 0.3) is 0 Å². The summed E-state index contributed by atoms with van der Waals surface area (Å²) in [5.41, 5.74) is 0.556. The van der Waals surface area contributed by atoms with Gasteiger partial charge in [0.05, 0.1) is 12.0 Å². The number of thioether (sulfide) groups is 1. The van der Waals surface area contributed by atoms with E-state index in [1.54, 1.807) is 0 Å². The molecule has 0 spiro atoms. The van der Waals surface area contributed by atoms with E-state index in [1.165, 1.54) is 30.1 Å². The van der Waals surface area contributed by atoms with Gasteiger partial charge >= 0.3 is 0 Å². The number of rotatable bonds is 2. The lowest BCUT2D eigenvalue weighted by atomic mass is 10.2. The summed E-state index contributed by atoms with van der Waals surface area (Å²) >= 11 is 7.80. The fraction of sp³-hybridized carbons (Fsp3) is 0.100. The highest BCUT2D eigenvalue weighted by Crippen LogP contribution is 2.27. The minimum Gasteiger partial charge on any atom is -0.303 e. The number of halogens is 3. The van der Waals surface area contributed by atoms with Crippen LogP contribution in [0, 0.1) is 5.82 Å². The molecule has 1 amide bonds. The lowest BCUT2D eigenvalue weighted by Gasteiger charge is -2.00. The van der Waals surface area contributed by atoms with E-state index in [1.807, 2.05) is 0 Å². The molecule has 1 aromatic carbocycles. The molecule has 2 rings (SSSR count). The molecule has 1 saturated heterocycles. The Morgan fingerprint density at radius 3 is 2.89 bits per heavy atom. The number of nitrogens with zero attached hydrogens (tertiary/aromatic N) is 2. The molecule has 18 heavy (non-hydrogen) atoms. The number of hydrogen-bond donors (Lipinski definition) is 1. The SMILES string of the molecule is O=C1CSC(=NN=Cc2cc(F)cc(Br)c2Br)N1. The quantitative estimate of drug-likeness (QED) is 0.476. The third-order valence-corrected chi connectivity index (χ3v) is 4.86. The smallest absolute Gasteiger partial charge is 0.236 e. The summed E-state index contributed by atoms with van der Waals surface area (Å²) in [6, 6.07) is 2.68. The molecular weight excluding hydrogens is 389 g/mol. The number of hydrogen-bond acceptors (Lipinski definition) is 4. The van der Waals surface area contributed by atoms with E-state index in [2.05, 4.69) is 47.4 Å². The molecule has 1 N–H and O–H groups in total. The van der Waals surface area contributed by atoms with Crippen molar-refractivity contribution in [2.75, 3.05) is 5.75 Å². The summed E-state index contributed by atoms with van der Waals surface area (Å²) in [6.07, 6.45) is 1.41. The molecule has 0 bridgehead atoms. The van der Waals surface area contributed by atoms with Crippen molar-refractivity contribution in [2.24, 2.45) is 10.2 Å². The zero-order valence-corrected chi connectivity index (χ0v) is 12.8. The van der Waals surface area contributed by atoms with Crippen LogP contribution in [0.15, 0.2) is 31.3 Å². The molecule has 0 saturated carbocycles. The number of carbonyl (C=O) groups is 1. The van der Waals surface area contributed by atoms with Crippen LogP contribution in [-0.2, 0) is 4.79 Å². The summed E-state index contributed by atoms with van der Waals surface area (Å²) in [5, 5.41) is 10.6. The maximum atomic E-state index is 13.2. The van der Waals surface area contributed by atoms with Crippen LogP contribution in [0.5, 0.6) is 0 Å². The lowest BCUT2D eigenvalue weighted by Crippen LogP contribution is -2.19. The van der Waals surface area contributed by atoms with E-state index in [9.17, 15) is 9.18 Å². The summed E-state index contributed by atoms with van der Waals surface area (Å²) in [7, 11) is 0. The molecule has 1 fully saturated rings. The van der Waals surface area contributed by atoms with Gasteiger partial charge in [0.1, 0.15) is 5.82 Å². The first-order valence-electron chi connectivity index (χ1n) is 4.74. The molecule has 8 heteroatoms. The second-order valence-corrected chi connectivity index (χ2v) is 5.89. The van der Waals surface area contributed by atoms with E-state index in [-0.39, 0.29) is 11.7 Å². The largest absolute Gasteiger partial charge is 0.303 e. The second-order valence-electron chi connectivity index (χ2n) is 3.28. The average Bonchev–Trinajstić information content (AvgIpc) is 2.71. The standard InChI is InChI=1S/C10H6Br2FN3OS/c11-7-2-6(13)1-5(9(7)12)3-14-16-10-15-8(17)4-18-10/h1-3H,4H2,(H,15,16,17). The van der Waals surface area contributed by atoms with Gasteiger partial charge in [0.25, 0.3) is 0 Å². The highest BCUT2D eigenvalue weighted by Gasteiger charge is 2.15. The highest BCUT2D eigenvalue weighted by molar-refractivity contribution is 9.13. The Balaban J connectivity index is 2.17. The summed E-state index contributed by atoms with van der Waals surface area (Å²) in [4.78, 5) is 10.9. The van der Waals surface area contributed by atoms with Gasteiger partial charge in [0, 0.05) is 14.5 Å². The molecule has 0 atom stereocenters. The Bertz CT molecular complexity index is 562. The van der Waals surface area contributed by atoms with Crippen molar-refractivity contribution in [1.29, 1.82) is 0 Å². The predicted molar refractivity (Wildman–Crippen MR) is 77.4 cm³/mol. The monoisotopic (exact) mass is 393 g/mol. The maximum Gasteiger partial charge on any atom is 0.236 e. The van der Waals surface area contributed by atoms with Crippen LogP contribution in [0.4, 0.5) is 4.39 Å². The zero-order chi connectivity index (χ0) is 13.1. The molecule has 4 nitrogen and oxygen atoms in total. The molecule has 0 unspecified atom stereocenters. The number of nitrogens with one attached hydrogen (secondary N) is 1. The van der Waals surface area contributed by atoms with Crippen molar-refractivity contribution in [3.05, 3.63) is 32.5 Å². The summed E-state index contributed by atoms with van der Waals surface area (Å²) < 4.78 is 14.5. The van der Waals surface area contributed by atoms with Gasteiger partial charge in [-0.05, 0) is 44.0 Å². The fourth-order valence-corrected chi connectivity index (χ4v) is 2.60. The topological polar surface area (TPSA) is 53.8 Å². The first kappa shape index (κ1) is 13.7. The van der Waals surface area contributed by atoms with E-state index in [4.69, 9.17) is 0 Å².